The van der Waals surface area contributed by atoms with E-state index >= 15 is 0 Å². The molecule has 2 heterocycles. The van der Waals surface area contributed by atoms with Crippen LogP contribution in [0.25, 0.3) is 5.76 Å². The molecule has 0 saturated carbocycles. The lowest BCUT2D eigenvalue weighted by Gasteiger charge is -2.30. The molecule has 2 saturated heterocycles. The first-order valence-corrected chi connectivity index (χ1v) is 12.9. The monoisotopic (exact) mass is 487 g/mol. The number of carbonyl (C=O) groups excluding carboxylic acids is 2. The Balaban J connectivity index is 1.79. The van der Waals surface area contributed by atoms with Gasteiger partial charge in [-0.3, -0.25) is 9.59 Å². The number of sulfone groups is 1. The third kappa shape index (κ3) is 4.57. The van der Waals surface area contributed by atoms with Gasteiger partial charge in [0.2, 0.25) is 0 Å². The standard InChI is InChI=1S/C25H26FNO6S/c1-15(2)13-33-18-9-7-16(8-10-18)23(28)21-22(19-5-3-4-6-20(19)26)27(25(30)24(21)29)17-11-12-34(31,32)14-17/h3-10,15,17,22,28H,11-14H2,1-2H3/b23-21-. The Morgan fingerprint density at radius 3 is 2.41 bits per heavy atom. The van der Waals surface area contributed by atoms with Crippen LogP contribution in [0.2, 0.25) is 0 Å². The van der Waals surface area contributed by atoms with Crippen molar-refractivity contribution < 1.29 is 32.2 Å². The topological polar surface area (TPSA) is 101 Å². The van der Waals surface area contributed by atoms with Crippen molar-refractivity contribution >= 4 is 27.3 Å². The molecular weight excluding hydrogens is 461 g/mol. The molecule has 2 aliphatic rings. The average molecular weight is 488 g/mol. The Kier molecular flexibility index (Phi) is 6.49. The van der Waals surface area contributed by atoms with Crippen molar-refractivity contribution in [3.05, 3.63) is 71.0 Å². The first-order valence-electron chi connectivity index (χ1n) is 11.1. The number of benzene rings is 2. The van der Waals surface area contributed by atoms with Crippen molar-refractivity contribution in [2.75, 3.05) is 18.1 Å². The van der Waals surface area contributed by atoms with Crippen LogP contribution in [0.15, 0.2) is 54.1 Å². The highest BCUT2D eigenvalue weighted by Crippen LogP contribution is 2.43. The number of rotatable bonds is 6. The van der Waals surface area contributed by atoms with Gasteiger partial charge < -0.3 is 14.7 Å². The summed E-state index contributed by atoms with van der Waals surface area (Å²) in [6.07, 6.45) is 0.141. The maximum absolute atomic E-state index is 14.9. The van der Waals surface area contributed by atoms with Gasteiger partial charge in [-0.15, -0.1) is 0 Å². The zero-order chi connectivity index (χ0) is 24.6. The van der Waals surface area contributed by atoms with E-state index in [0.717, 1.165) is 4.90 Å². The van der Waals surface area contributed by atoms with Crippen molar-refractivity contribution in [1.29, 1.82) is 0 Å². The van der Waals surface area contributed by atoms with Gasteiger partial charge in [0.15, 0.2) is 9.84 Å². The van der Waals surface area contributed by atoms with Gasteiger partial charge in [0.05, 0.1) is 29.7 Å². The van der Waals surface area contributed by atoms with Crippen molar-refractivity contribution in [1.82, 2.24) is 4.90 Å². The van der Waals surface area contributed by atoms with E-state index in [1.165, 1.54) is 18.2 Å². The molecule has 2 aromatic carbocycles. The highest BCUT2D eigenvalue weighted by molar-refractivity contribution is 7.91. The van der Waals surface area contributed by atoms with Crippen LogP contribution in [-0.2, 0) is 19.4 Å². The van der Waals surface area contributed by atoms with E-state index in [1.54, 1.807) is 30.3 Å². The zero-order valence-electron chi connectivity index (χ0n) is 18.9. The van der Waals surface area contributed by atoms with Gasteiger partial charge >= 0.3 is 0 Å². The van der Waals surface area contributed by atoms with E-state index in [0.29, 0.717) is 18.3 Å². The van der Waals surface area contributed by atoms with Crippen LogP contribution >= 0.6 is 0 Å². The van der Waals surface area contributed by atoms with Crippen LogP contribution < -0.4 is 4.74 Å². The SMILES string of the molecule is CC(C)COc1ccc(/C(O)=C2/C(=O)C(=O)N(C3CCS(=O)(=O)C3)C2c2ccccc2F)cc1. The molecule has 2 unspecified atom stereocenters. The molecule has 1 amide bonds. The van der Waals surface area contributed by atoms with E-state index in [9.17, 15) is 27.5 Å². The minimum absolute atomic E-state index is 0.0180. The summed E-state index contributed by atoms with van der Waals surface area (Å²) >= 11 is 0. The van der Waals surface area contributed by atoms with Gasteiger partial charge in [0.1, 0.15) is 17.3 Å². The van der Waals surface area contributed by atoms with Crippen LogP contribution in [0.3, 0.4) is 0 Å². The summed E-state index contributed by atoms with van der Waals surface area (Å²) in [5.41, 5.74) is 0.00922. The maximum atomic E-state index is 14.9. The maximum Gasteiger partial charge on any atom is 0.295 e. The Morgan fingerprint density at radius 1 is 1.15 bits per heavy atom. The third-order valence-electron chi connectivity index (χ3n) is 5.99. The number of Topliss-reactive ketones (excluding diaryl/α,β-unsaturated/α-hetero) is 1. The molecule has 2 fully saturated rings. The number of halogens is 1. The van der Waals surface area contributed by atoms with Crippen LogP contribution in [0.5, 0.6) is 5.75 Å². The predicted octanol–water partition coefficient (Wildman–Crippen LogP) is 3.47. The van der Waals surface area contributed by atoms with Gasteiger partial charge in [-0.1, -0.05) is 32.0 Å². The van der Waals surface area contributed by atoms with E-state index in [1.807, 2.05) is 13.8 Å². The van der Waals surface area contributed by atoms with Crippen molar-refractivity contribution in [2.24, 2.45) is 5.92 Å². The highest BCUT2D eigenvalue weighted by Gasteiger charge is 2.51. The first-order chi connectivity index (χ1) is 16.1. The van der Waals surface area contributed by atoms with Crippen molar-refractivity contribution in [2.45, 2.75) is 32.4 Å². The van der Waals surface area contributed by atoms with Gasteiger partial charge in [-0.05, 0) is 42.7 Å². The van der Waals surface area contributed by atoms with E-state index in [2.05, 4.69) is 0 Å². The molecule has 4 rings (SSSR count). The summed E-state index contributed by atoms with van der Waals surface area (Å²) in [5.74, 6) is -2.58. The minimum atomic E-state index is -3.39. The lowest BCUT2D eigenvalue weighted by molar-refractivity contribution is -0.141. The Bertz CT molecular complexity index is 1250. The predicted molar refractivity (Wildman–Crippen MR) is 124 cm³/mol. The Morgan fingerprint density at radius 2 is 1.82 bits per heavy atom. The second-order valence-electron chi connectivity index (χ2n) is 9.01. The second kappa shape index (κ2) is 9.21. The minimum Gasteiger partial charge on any atom is -0.507 e. The largest absolute Gasteiger partial charge is 0.507 e. The molecule has 180 valence electrons. The molecule has 2 atom stereocenters. The van der Waals surface area contributed by atoms with Crippen LogP contribution in [0, 0.1) is 11.7 Å². The summed E-state index contributed by atoms with van der Waals surface area (Å²) in [4.78, 5) is 27.2. The molecule has 0 aromatic heterocycles. The summed E-state index contributed by atoms with van der Waals surface area (Å²) in [7, 11) is -3.39. The number of aliphatic hydroxyl groups is 1. The number of nitrogens with zero attached hydrogens (tertiary/aromatic N) is 1. The van der Waals surface area contributed by atoms with Crippen molar-refractivity contribution in [3.8, 4) is 5.75 Å². The molecule has 2 aromatic rings. The van der Waals surface area contributed by atoms with Crippen LogP contribution in [0.1, 0.15) is 37.4 Å². The quantitative estimate of drug-likeness (QED) is 0.380. The van der Waals surface area contributed by atoms with Crippen LogP contribution in [-0.4, -0.2) is 54.3 Å². The lowest BCUT2D eigenvalue weighted by atomic mass is 9.94. The molecule has 2 aliphatic heterocycles. The number of hydrogen-bond acceptors (Lipinski definition) is 6. The summed E-state index contributed by atoms with van der Waals surface area (Å²) in [6, 6.07) is 10.0. The number of carbonyl (C=O) groups is 2. The molecule has 0 radical (unpaired) electrons. The van der Waals surface area contributed by atoms with Gasteiger partial charge in [0.25, 0.3) is 11.7 Å². The molecule has 1 N–H and O–H groups in total. The first kappa shape index (κ1) is 23.9. The highest BCUT2D eigenvalue weighted by atomic mass is 32.2. The summed E-state index contributed by atoms with van der Waals surface area (Å²) in [5, 5.41) is 11.1. The number of aliphatic hydroxyl groups excluding tert-OH is 1. The van der Waals surface area contributed by atoms with Crippen molar-refractivity contribution in [3.63, 3.8) is 0 Å². The smallest absolute Gasteiger partial charge is 0.295 e. The normalized spacial score (nSPS) is 23.6. The fourth-order valence-electron chi connectivity index (χ4n) is 4.35. The Labute approximate surface area is 197 Å². The van der Waals surface area contributed by atoms with Gasteiger partial charge in [-0.2, -0.15) is 0 Å². The number of likely N-dealkylation sites (tertiary alicyclic amines) is 1. The lowest BCUT2D eigenvalue weighted by Crippen LogP contribution is -2.40. The third-order valence-corrected chi connectivity index (χ3v) is 7.74. The number of amides is 1. The molecular formula is C25H26FNO6S. The molecule has 0 aliphatic carbocycles. The molecule has 7 nitrogen and oxygen atoms in total. The van der Waals surface area contributed by atoms with Gasteiger partial charge in [0, 0.05) is 17.2 Å². The molecule has 0 bridgehead atoms. The summed E-state index contributed by atoms with van der Waals surface area (Å²) in [6.45, 7) is 4.53. The van der Waals surface area contributed by atoms with E-state index < -0.39 is 45.2 Å². The van der Waals surface area contributed by atoms with Crippen LogP contribution in [0.4, 0.5) is 4.39 Å². The summed E-state index contributed by atoms with van der Waals surface area (Å²) < 4.78 is 44.7. The second-order valence-corrected chi connectivity index (χ2v) is 11.2. The van der Waals surface area contributed by atoms with Gasteiger partial charge in [-0.25, -0.2) is 12.8 Å². The molecule has 34 heavy (non-hydrogen) atoms. The molecule has 0 spiro atoms. The fraction of sp³-hybridized carbons (Fsp3) is 0.360. The number of ketones is 1. The number of hydrogen-bond donors (Lipinski definition) is 1. The average Bonchev–Trinajstić information content (AvgIpc) is 3.28. The van der Waals surface area contributed by atoms with E-state index in [-0.39, 0.29) is 34.6 Å². The molecule has 9 heteroatoms. The zero-order valence-corrected chi connectivity index (χ0v) is 19.7. The van der Waals surface area contributed by atoms with E-state index in [4.69, 9.17) is 4.74 Å². The fourth-order valence-corrected chi connectivity index (χ4v) is 6.06. The number of ether oxygens (including phenoxy) is 1. The Hall–Kier alpha value is -3.20.